The molecule has 1 aromatic carbocycles. The Labute approximate surface area is 178 Å². The zero-order chi connectivity index (χ0) is 23.0. The first-order valence-corrected chi connectivity index (χ1v) is 9.69. The van der Waals surface area contributed by atoms with Crippen molar-refractivity contribution in [1.82, 2.24) is 4.90 Å². The Morgan fingerprint density at radius 1 is 1.42 bits per heavy atom. The van der Waals surface area contributed by atoms with E-state index in [0.29, 0.717) is 19.7 Å². The van der Waals surface area contributed by atoms with Gasteiger partial charge in [-0.3, -0.25) is 14.9 Å². The lowest BCUT2D eigenvalue weighted by molar-refractivity contribution is -0.385. The predicted octanol–water partition coefficient (Wildman–Crippen LogP) is 2.77. The van der Waals surface area contributed by atoms with Gasteiger partial charge in [0, 0.05) is 25.8 Å². The summed E-state index contributed by atoms with van der Waals surface area (Å²) in [4.78, 5) is 36.2. The SMILES string of the molecule is CCN(CC)C(=O)C(C#N)=Cc1cc(OC(=O)OCC2CCCO2)c(O)c([N+](=O)[O-])c1. The van der Waals surface area contributed by atoms with E-state index in [0.717, 1.165) is 31.1 Å². The van der Waals surface area contributed by atoms with E-state index in [1.54, 1.807) is 19.9 Å². The van der Waals surface area contributed by atoms with E-state index >= 15 is 0 Å². The highest BCUT2D eigenvalue weighted by atomic mass is 16.7. The summed E-state index contributed by atoms with van der Waals surface area (Å²) in [6, 6.07) is 3.83. The second kappa shape index (κ2) is 10.9. The number of nitriles is 1. The molecule has 0 radical (unpaired) electrons. The fourth-order valence-electron chi connectivity index (χ4n) is 2.96. The van der Waals surface area contributed by atoms with Crippen molar-refractivity contribution in [3.63, 3.8) is 0 Å². The van der Waals surface area contributed by atoms with E-state index in [1.165, 1.54) is 4.90 Å². The molecule has 1 saturated heterocycles. The Morgan fingerprint density at radius 2 is 2.13 bits per heavy atom. The maximum atomic E-state index is 12.4. The van der Waals surface area contributed by atoms with Crippen molar-refractivity contribution in [3.05, 3.63) is 33.4 Å². The predicted molar refractivity (Wildman–Crippen MR) is 107 cm³/mol. The molecule has 1 amide bonds. The standard InChI is InChI=1S/C20H23N3O8/c1-3-22(4-2)19(25)14(11-21)8-13-9-16(23(27)28)18(24)17(10-13)31-20(26)30-12-15-6-5-7-29-15/h8-10,15,24H,3-7,12H2,1-2H3. The van der Waals surface area contributed by atoms with Crippen molar-refractivity contribution in [2.24, 2.45) is 0 Å². The van der Waals surface area contributed by atoms with Crippen LogP contribution in [0.15, 0.2) is 17.7 Å². The number of phenolic OH excluding ortho intramolecular Hbond substituents is 1. The van der Waals surface area contributed by atoms with Gasteiger partial charge in [-0.2, -0.15) is 5.26 Å². The molecular weight excluding hydrogens is 410 g/mol. The molecule has 0 saturated carbocycles. The zero-order valence-corrected chi connectivity index (χ0v) is 17.2. The van der Waals surface area contributed by atoms with Crippen LogP contribution in [-0.2, 0) is 14.3 Å². The molecule has 1 heterocycles. The molecule has 0 spiro atoms. The van der Waals surface area contributed by atoms with Gasteiger partial charge in [-0.25, -0.2) is 4.79 Å². The molecule has 1 fully saturated rings. The third-order valence-electron chi connectivity index (χ3n) is 4.59. The Morgan fingerprint density at radius 3 is 2.68 bits per heavy atom. The number of ether oxygens (including phenoxy) is 3. The molecule has 0 aliphatic carbocycles. The largest absolute Gasteiger partial charge is 0.514 e. The molecule has 1 aliphatic heterocycles. The highest BCUT2D eigenvalue weighted by molar-refractivity contribution is 6.01. The molecule has 0 bridgehead atoms. The molecular formula is C20H23N3O8. The van der Waals surface area contributed by atoms with Crippen LogP contribution < -0.4 is 4.74 Å². The normalized spacial score (nSPS) is 15.8. The van der Waals surface area contributed by atoms with Crippen LogP contribution in [-0.4, -0.2) is 59.4 Å². The van der Waals surface area contributed by atoms with E-state index in [-0.39, 0.29) is 23.8 Å². The number of amides is 1. The minimum Gasteiger partial charge on any atom is -0.499 e. The summed E-state index contributed by atoms with van der Waals surface area (Å²) < 4.78 is 15.2. The third-order valence-corrected chi connectivity index (χ3v) is 4.59. The monoisotopic (exact) mass is 433 g/mol. The van der Waals surface area contributed by atoms with Gasteiger partial charge in [0.25, 0.3) is 5.91 Å². The van der Waals surface area contributed by atoms with Crippen molar-refractivity contribution >= 4 is 23.8 Å². The van der Waals surface area contributed by atoms with Crippen molar-refractivity contribution < 1.29 is 33.8 Å². The van der Waals surface area contributed by atoms with Gasteiger partial charge in [0.15, 0.2) is 5.75 Å². The molecule has 2 rings (SSSR count). The number of aromatic hydroxyl groups is 1. The number of nitro groups is 1. The molecule has 11 heteroatoms. The van der Waals surface area contributed by atoms with Crippen LogP contribution in [0.2, 0.25) is 0 Å². The van der Waals surface area contributed by atoms with Gasteiger partial charge < -0.3 is 24.2 Å². The van der Waals surface area contributed by atoms with Gasteiger partial charge in [-0.05, 0) is 44.4 Å². The topological polar surface area (TPSA) is 152 Å². The van der Waals surface area contributed by atoms with Crippen LogP contribution in [0.3, 0.4) is 0 Å². The zero-order valence-electron chi connectivity index (χ0n) is 17.2. The number of carbonyl (C=O) groups excluding carboxylic acids is 2. The first kappa shape index (κ1) is 23.6. The molecule has 166 valence electrons. The molecule has 11 nitrogen and oxygen atoms in total. The second-order valence-electron chi connectivity index (χ2n) is 6.59. The Bertz CT molecular complexity index is 912. The van der Waals surface area contributed by atoms with Crippen LogP contribution in [0.5, 0.6) is 11.5 Å². The molecule has 1 aromatic rings. The maximum absolute atomic E-state index is 12.4. The second-order valence-corrected chi connectivity index (χ2v) is 6.59. The van der Waals surface area contributed by atoms with Gasteiger partial charge in [-0.1, -0.05) is 0 Å². The van der Waals surface area contributed by atoms with Gasteiger partial charge in [0.05, 0.1) is 11.0 Å². The van der Waals surface area contributed by atoms with Crippen LogP contribution in [0.4, 0.5) is 10.5 Å². The third kappa shape index (κ3) is 6.16. The Balaban J connectivity index is 2.30. The van der Waals surface area contributed by atoms with Crippen molar-refractivity contribution in [2.75, 3.05) is 26.3 Å². The van der Waals surface area contributed by atoms with Crippen molar-refractivity contribution in [1.29, 1.82) is 5.26 Å². The summed E-state index contributed by atoms with van der Waals surface area (Å²) in [6.07, 6.45) is 1.26. The van der Waals surface area contributed by atoms with Gasteiger partial charge in [0.2, 0.25) is 5.75 Å². The first-order valence-electron chi connectivity index (χ1n) is 9.69. The van der Waals surface area contributed by atoms with Gasteiger partial charge >= 0.3 is 11.8 Å². The van der Waals surface area contributed by atoms with E-state index in [9.17, 15) is 30.1 Å². The van der Waals surface area contributed by atoms with Crippen LogP contribution in [0.1, 0.15) is 32.3 Å². The number of carbonyl (C=O) groups is 2. The molecule has 1 atom stereocenters. The number of phenols is 1. The fourth-order valence-corrected chi connectivity index (χ4v) is 2.96. The van der Waals surface area contributed by atoms with Crippen LogP contribution in [0.25, 0.3) is 6.08 Å². The summed E-state index contributed by atoms with van der Waals surface area (Å²) in [6.45, 7) is 4.74. The minimum absolute atomic E-state index is 0.0171. The summed E-state index contributed by atoms with van der Waals surface area (Å²) in [7, 11) is 0. The average Bonchev–Trinajstić information content (AvgIpc) is 3.26. The Kier molecular flexibility index (Phi) is 8.33. The molecule has 1 aliphatic rings. The number of nitrogens with zero attached hydrogens (tertiary/aromatic N) is 3. The maximum Gasteiger partial charge on any atom is 0.514 e. The smallest absolute Gasteiger partial charge is 0.499 e. The Hall–Kier alpha value is -3.65. The van der Waals surface area contributed by atoms with E-state index in [4.69, 9.17) is 14.2 Å². The van der Waals surface area contributed by atoms with E-state index in [1.807, 2.05) is 0 Å². The molecule has 1 N–H and O–H groups in total. The summed E-state index contributed by atoms with van der Waals surface area (Å²) in [5.74, 6) is -1.98. The molecule has 31 heavy (non-hydrogen) atoms. The van der Waals surface area contributed by atoms with Crippen LogP contribution >= 0.6 is 0 Å². The number of rotatable bonds is 8. The first-order chi connectivity index (χ1) is 14.8. The lowest BCUT2D eigenvalue weighted by Gasteiger charge is -2.17. The quantitative estimate of drug-likeness (QED) is 0.163. The number of hydrogen-bond donors (Lipinski definition) is 1. The fraction of sp³-hybridized carbons (Fsp3) is 0.450. The average molecular weight is 433 g/mol. The van der Waals surface area contributed by atoms with Crippen molar-refractivity contribution in [3.8, 4) is 17.6 Å². The minimum atomic E-state index is -1.18. The van der Waals surface area contributed by atoms with Gasteiger partial charge in [-0.15, -0.1) is 0 Å². The van der Waals surface area contributed by atoms with Crippen LogP contribution in [0, 0.1) is 21.4 Å². The molecule has 1 unspecified atom stereocenters. The van der Waals surface area contributed by atoms with E-state index < -0.39 is 34.2 Å². The lowest BCUT2D eigenvalue weighted by Crippen LogP contribution is -2.31. The summed E-state index contributed by atoms with van der Waals surface area (Å²) in [5.41, 5.74) is -1.01. The van der Waals surface area contributed by atoms with E-state index in [2.05, 4.69) is 0 Å². The molecule has 0 aromatic heterocycles. The summed E-state index contributed by atoms with van der Waals surface area (Å²) >= 11 is 0. The number of hydrogen-bond acceptors (Lipinski definition) is 9. The number of likely N-dealkylation sites (N-methyl/N-ethyl adjacent to an activating group) is 1. The van der Waals surface area contributed by atoms with Crippen molar-refractivity contribution in [2.45, 2.75) is 32.8 Å². The highest BCUT2D eigenvalue weighted by Crippen LogP contribution is 2.38. The highest BCUT2D eigenvalue weighted by Gasteiger charge is 2.24. The summed E-state index contributed by atoms with van der Waals surface area (Å²) in [5, 5.41) is 30.8. The lowest BCUT2D eigenvalue weighted by atomic mass is 10.1. The number of nitro benzene ring substituents is 1. The van der Waals surface area contributed by atoms with Gasteiger partial charge in [0.1, 0.15) is 18.2 Å². The number of benzene rings is 1.